The van der Waals surface area contributed by atoms with Gasteiger partial charge >= 0.3 is 17.9 Å². The lowest BCUT2D eigenvalue weighted by Crippen LogP contribution is -2.33. The molecule has 4 unspecified atom stereocenters. The third-order valence-corrected chi connectivity index (χ3v) is 18.3. The van der Waals surface area contributed by atoms with E-state index in [-0.39, 0.29) is 30.5 Å². The van der Waals surface area contributed by atoms with Crippen LogP contribution in [-0.2, 0) is 54.9 Å². The summed E-state index contributed by atoms with van der Waals surface area (Å²) in [5, 5.41) is 16.0. The van der Waals surface area contributed by atoms with Gasteiger partial charge in [-0.05, 0) is 262 Å². The van der Waals surface area contributed by atoms with E-state index in [0.29, 0.717) is 36.4 Å². The highest BCUT2D eigenvalue weighted by Crippen LogP contribution is 2.35. The maximum atomic E-state index is 12.3. The Morgan fingerprint density at radius 3 is 1.02 bits per heavy atom. The van der Waals surface area contributed by atoms with Crippen molar-refractivity contribution in [2.45, 2.75) is 212 Å². The number of carbonyl (C=O) groups is 3. The molecule has 548 valence electrons. The highest BCUT2D eigenvalue weighted by Gasteiger charge is 2.35. The van der Waals surface area contributed by atoms with E-state index < -0.39 is 27.6 Å². The number of hydrogen-bond acceptors (Lipinski definition) is 11. The number of phenolic OH excluding ortho intramolecular Hbond substituents is 1. The molecule has 0 saturated heterocycles. The fourth-order valence-corrected chi connectivity index (χ4v) is 9.97. The van der Waals surface area contributed by atoms with Gasteiger partial charge in [-0.3, -0.25) is 9.59 Å². The van der Waals surface area contributed by atoms with Crippen molar-refractivity contribution in [3.05, 3.63) is 252 Å². The van der Waals surface area contributed by atoms with Crippen LogP contribution in [0.2, 0.25) is 0 Å². The molecule has 0 amide bonds. The average molecular weight is 1390 g/mol. The number of benzene rings is 9. The molecular weight excluding hydrogens is 1270 g/mol. The maximum absolute atomic E-state index is 12.3. The number of esters is 3. The molecule has 102 heavy (non-hydrogen) atoms. The van der Waals surface area contributed by atoms with Crippen LogP contribution in [0.25, 0.3) is 38.4 Å². The second kappa shape index (κ2) is 40.6. The van der Waals surface area contributed by atoms with E-state index in [1.165, 1.54) is 27.3 Å². The van der Waals surface area contributed by atoms with Gasteiger partial charge in [-0.25, -0.2) is 4.79 Å². The fourth-order valence-electron chi connectivity index (χ4n) is 9.97. The molecule has 9 rings (SSSR count). The van der Waals surface area contributed by atoms with Crippen LogP contribution in [0.4, 0.5) is 0 Å². The zero-order chi connectivity index (χ0) is 76.0. The van der Waals surface area contributed by atoms with Gasteiger partial charge in [-0.2, -0.15) is 0 Å². The van der Waals surface area contributed by atoms with Gasteiger partial charge in [-0.15, -0.1) is 0 Å². The van der Waals surface area contributed by atoms with Crippen molar-refractivity contribution in [2.24, 2.45) is 10.8 Å². The van der Waals surface area contributed by atoms with Gasteiger partial charge in [0.05, 0.1) is 10.8 Å². The number of phenols is 1. The van der Waals surface area contributed by atoms with Crippen LogP contribution in [0.15, 0.2) is 219 Å². The number of aromatic hydroxyl groups is 1. The molecule has 0 saturated carbocycles. The summed E-state index contributed by atoms with van der Waals surface area (Å²) in [5.41, 5.74) is 4.33. The SMILES string of the molecule is C=C(C)C(=O)OC(C)(C)c1ccc2ccccc2c1.C=Cc1ccc(OC(C)OCC)cc1.CCC(C)(C)C(=O)OC(C)(C)c1ccc2ccccc2c1.CCC(C)(C)C(=O)OC(C)(C)c1ccc2ccccc2c1.CCC(C)c1ccc(O)cc1.CCOC(C)Oc1ccc(C(C)CC)cc1. The summed E-state index contributed by atoms with van der Waals surface area (Å²) in [7, 11) is 0. The van der Waals surface area contributed by atoms with Crippen molar-refractivity contribution < 1.29 is 52.6 Å². The highest BCUT2D eigenvalue weighted by molar-refractivity contribution is 5.88. The lowest BCUT2D eigenvalue weighted by molar-refractivity contribution is -0.169. The van der Waals surface area contributed by atoms with Crippen LogP contribution in [-0.4, -0.2) is 48.8 Å². The molecule has 0 bridgehead atoms. The number of fused-ring (bicyclic) bond motifs is 3. The summed E-state index contributed by atoms with van der Waals surface area (Å²) in [6, 6.07) is 66.5. The first-order valence-corrected chi connectivity index (χ1v) is 36.1. The van der Waals surface area contributed by atoms with Gasteiger partial charge in [0.2, 0.25) is 0 Å². The van der Waals surface area contributed by atoms with Crippen molar-refractivity contribution in [1.29, 1.82) is 0 Å². The molecule has 0 aromatic heterocycles. The third kappa shape index (κ3) is 27.4. The van der Waals surface area contributed by atoms with Crippen molar-refractivity contribution in [1.82, 2.24) is 0 Å². The lowest BCUT2D eigenvalue weighted by atomic mass is 9.89. The Morgan fingerprint density at radius 1 is 0.422 bits per heavy atom. The van der Waals surface area contributed by atoms with E-state index in [4.69, 9.17) is 38.3 Å². The van der Waals surface area contributed by atoms with Gasteiger partial charge in [0, 0.05) is 18.8 Å². The van der Waals surface area contributed by atoms with E-state index in [0.717, 1.165) is 75.6 Å². The Labute approximate surface area is 611 Å². The summed E-state index contributed by atoms with van der Waals surface area (Å²) in [5.74, 6) is 2.57. The number of rotatable bonds is 24. The second-order valence-corrected chi connectivity index (χ2v) is 28.5. The Morgan fingerprint density at radius 2 is 0.725 bits per heavy atom. The van der Waals surface area contributed by atoms with E-state index >= 15 is 0 Å². The normalized spacial score (nSPS) is 12.6. The summed E-state index contributed by atoms with van der Waals surface area (Å²) in [6.07, 6.45) is 5.25. The van der Waals surface area contributed by atoms with Crippen LogP contribution in [0.5, 0.6) is 17.2 Å². The van der Waals surface area contributed by atoms with Crippen LogP contribution in [0, 0.1) is 10.8 Å². The first kappa shape index (κ1) is 85.4. The van der Waals surface area contributed by atoms with Crippen molar-refractivity contribution in [2.75, 3.05) is 13.2 Å². The van der Waals surface area contributed by atoms with Gasteiger partial charge < -0.3 is 38.3 Å². The molecule has 0 fully saturated rings. The molecule has 4 atom stereocenters. The lowest BCUT2D eigenvalue weighted by Gasteiger charge is -2.31. The van der Waals surface area contributed by atoms with Gasteiger partial charge in [0.15, 0.2) is 12.6 Å². The predicted molar refractivity (Wildman–Crippen MR) is 424 cm³/mol. The first-order chi connectivity index (χ1) is 48.1. The monoisotopic (exact) mass is 1390 g/mol. The molecule has 0 radical (unpaired) electrons. The predicted octanol–water partition coefficient (Wildman–Crippen LogP) is 24.3. The van der Waals surface area contributed by atoms with Crippen molar-refractivity contribution in [3.8, 4) is 17.2 Å². The summed E-state index contributed by atoms with van der Waals surface area (Å²) in [6.45, 7) is 50.0. The van der Waals surface area contributed by atoms with E-state index in [2.05, 4.69) is 120 Å². The number of carbonyl (C=O) groups excluding carboxylic acids is 3. The minimum atomic E-state index is -0.667. The maximum Gasteiger partial charge on any atom is 0.333 e. The topological polar surface area (TPSA) is 136 Å². The van der Waals surface area contributed by atoms with E-state index in [9.17, 15) is 14.4 Å². The van der Waals surface area contributed by atoms with Crippen molar-refractivity contribution >= 4 is 56.3 Å². The highest BCUT2D eigenvalue weighted by atomic mass is 16.7. The van der Waals surface area contributed by atoms with Gasteiger partial charge in [0.25, 0.3) is 0 Å². The summed E-state index contributed by atoms with van der Waals surface area (Å²) < 4.78 is 38.8. The Kier molecular flexibility index (Phi) is 34.0. The molecule has 11 heteroatoms. The Bertz CT molecular complexity index is 3930. The molecule has 0 aliphatic heterocycles. The zero-order valence-corrected chi connectivity index (χ0v) is 65.1. The molecule has 0 heterocycles. The van der Waals surface area contributed by atoms with Crippen LogP contribution in [0.1, 0.15) is 216 Å². The Hall–Kier alpha value is -9.03. The van der Waals surface area contributed by atoms with E-state index in [1.54, 1.807) is 25.1 Å². The minimum Gasteiger partial charge on any atom is -0.508 e. The molecule has 9 aromatic rings. The standard InChI is InChI=1S/2C19H24O2.C17H18O2.C14H22O2.C12H16O2.C10H14O/c2*1-6-18(2,3)17(20)21-19(4,5)16-12-11-14-9-7-8-10-15(14)13-16;1-12(2)16(18)19-17(3,4)15-10-9-13-7-5-6-8-14(13)11-15;1-5-11(3)13-7-9-14(10-8-13)16-12(4)15-6-2;1-4-11-6-8-12(9-7-11)14-10(3)13-5-2;1-3-8(2)9-4-6-10(11)7-5-9/h2*7-13H,6H2,1-5H3;5-11H,1H2,2-4H3;7-12H,5-6H2,1-4H3;4,6-10H,1,5H2,2-3H3;4-8,11H,3H2,1-2H3. The largest absolute Gasteiger partial charge is 0.508 e. The second-order valence-electron chi connectivity index (χ2n) is 28.5. The summed E-state index contributed by atoms with van der Waals surface area (Å²) >= 11 is 0. The number of hydrogen-bond donors (Lipinski definition) is 1. The molecule has 9 aromatic carbocycles. The number of ether oxygens (including phenoxy) is 7. The Balaban J connectivity index is 0.000000263. The minimum absolute atomic E-state index is 0.150. The molecule has 0 aliphatic rings. The van der Waals surface area contributed by atoms with Crippen LogP contribution in [0.3, 0.4) is 0 Å². The molecule has 11 nitrogen and oxygen atoms in total. The van der Waals surface area contributed by atoms with Crippen molar-refractivity contribution in [3.63, 3.8) is 0 Å². The smallest absolute Gasteiger partial charge is 0.333 e. The molecule has 0 aliphatic carbocycles. The fraction of sp³-hybridized carbons (Fsp3) is 0.396. The van der Waals surface area contributed by atoms with Crippen LogP contribution >= 0.6 is 0 Å². The summed E-state index contributed by atoms with van der Waals surface area (Å²) in [4.78, 5) is 36.3. The van der Waals surface area contributed by atoms with Gasteiger partial charge in [-0.1, -0.05) is 206 Å². The van der Waals surface area contributed by atoms with Crippen LogP contribution < -0.4 is 9.47 Å². The van der Waals surface area contributed by atoms with Gasteiger partial charge in [0.1, 0.15) is 34.1 Å². The zero-order valence-electron chi connectivity index (χ0n) is 65.1. The first-order valence-electron chi connectivity index (χ1n) is 36.1. The molecular formula is C91H118O11. The third-order valence-electron chi connectivity index (χ3n) is 18.3. The molecule has 1 N–H and O–H groups in total. The molecule has 0 spiro atoms. The average Bonchev–Trinajstić information content (AvgIpc) is 0.813. The van der Waals surface area contributed by atoms with E-state index in [1.807, 2.05) is 220 Å². The quantitative estimate of drug-likeness (QED) is 0.0268.